The Labute approximate surface area is 347 Å². The molecule has 2 heterocycles. The fraction of sp³-hybridized carbons (Fsp3) is 0.238. The number of carbonyl (C=O) groups excluding carboxylic acids is 4. The molecule has 0 spiro atoms. The summed E-state index contributed by atoms with van der Waals surface area (Å²) >= 11 is 20.9. The third kappa shape index (κ3) is 5.77. The number of hydrogen-bond acceptors (Lipinski definition) is 7. The van der Waals surface area contributed by atoms with Crippen LogP contribution in [0.5, 0.6) is 17.2 Å². The summed E-state index contributed by atoms with van der Waals surface area (Å²) in [5.74, 6) is -21.0. The highest BCUT2D eigenvalue weighted by Gasteiger charge is 2.77. The average Bonchev–Trinajstić information content (AvgIpc) is 3.56. The van der Waals surface area contributed by atoms with Crippen LogP contribution in [0.2, 0.25) is 5.02 Å². The third-order valence-corrected chi connectivity index (χ3v) is 13.3. The predicted octanol–water partition coefficient (Wildman–Crippen LogP) is 8.70. The number of fused-ring (bicyclic) bond motifs is 4. The number of phenolic OH excluding ortho intramolecular Hbond substituents is 1. The minimum Gasteiger partial charge on any atom is -0.508 e. The Morgan fingerprint density at radius 1 is 0.763 bits per heavy atom. The molecule has 6 unspecified atom stereocenters. The van der Waals surface area contributed by atoms with E-state index in [1.807, 2.05) is 0 Å². The zero-order valence-electron chi connectivity index (χ0n) is 30.5. The maximum absolute atomic E-state index is 15.3. The van der Waals surface area contributed by atoms with Gasteiger partial charge in [0.1, 0.15) is 22.9 Å². The minimum absolute atomic E-state index is 0.0249. The molecule has 6 atom stereocenters. The standard InChI is InChI=1S/C42H28Cl3F5N2O7/c1-58-22-10-14-28(59-2)19(15-22)6-3-18-4-7-20(8-5-18)51-37(54)25-13-12-23-26(29(25)38(51)55)17-41(44)39(56)52(36-34(49)32(47)31(46)33(48)35(36)50)40(57)42(41,45)30(23)24-11-9-21(53)16-27(24)43/h3-12,14-16,25-26,29-30,53H,13,17H2,1-2H3. The van der Waals surface area contributed by atoms with E-state index in [4.69, 9.17) is 44.3 Å². The molecule has 8 rings (SSSR count). The highest BCUT2D eigenvalue weighted by atomic mass is 35.5. The van der Waals surface area contributed by atoms with Crippen molar-refractivity contribution in [3.8, 4) is 17.2 Å². The highest BCUT2D eigenvalue weighted by Crippen LogP contribution is 2.66. The van der Waals surface area contributed by atoms with E-state index in [1.165, 1.54) is 26.4 Å². The number of rotatable bonds is 7. The molecule has 2 saturated heterocycles. The third-order valence-electron chi connectivity index (χ3n) is 11.6. The van der Waals surface area contributed by atoms with Crippen LogP contribution in [0.3, 0.4) is 0 Å². The topological polar surface area (TPSA) is 113 Å². The molecular weight excluding hydrogens is 846 g/mol. The maximum atomic E-state index is 15.3. The van der Waals surface area contributed by atoms with E-state index >= 15 is 8.78 Å². The summed E-state index contributed by atoms with van der Waals surface area (Å²) in [6.07, 6.45) is 4.38. The van der Waals surface area contributed by atoms with Crippen LogP contribution in [0.25, 0.3) is 12.2 Å². The Bertz CT molecular complexity index is 2560. The quantitative estimate of drug-likeness (QED) is 0.0376. The van der Waals surface area contributed by atoms with Gasteiger partial charge in [0.15, 0.2) is 33.0 Å². The van der Waals surface area contributed by atoms with Crippen molar-refractivity contribution in [3.63, 3.8) is 0 Å². The lowest BCUT2D eigenvalue weighted by Gasteiger charge is -2.50. The number of aromatic hydroxyl groups is 1. The van der Waals surface area contributed by atoms with Gasteiger partial charge < -0.3 is 14.6 Å². The van der Waals surface area contributed by atoms with Crippen molar-refractivity contribution >= 4 is 82.0 Å². The number of nitrogens with zero attached hydrogens (tertiary/aromatic N) is 2. The molecule has 1 saturated carbocycles. The fourth-order valence-electron chi connectivity index (χ4n) is 8.81. The van der Waals surface area contributed by atoms with E-state index in [9.17, 15) is 37.5 Å². The first-order valence-corrected chi connectivity index (χ1v) is 19.0. The predicted molar refractivity (Wildman–Crippen MR) is 207 cm³/mol. The number of hydrogen-bond donors (Lipinski definition) is 1. The van der Waals surface area contributed by atoms with Crippen molar-refractivity contribution in [1.29, 1.82) is 0 Å². The second-order valence-electron chi connectivity index (χ2n) is 14.4. The largest absolute Gasteiger partial charge is 0.508 e. The van der Waals surface area contributed by atoms with E-state index in [0.717, 1.165) is 16.5 Å². The lowest BCUT2D eigenvalue weighted by molar-refractivity contribution is -0.125. The normalized spacial score (nSPS) is 26.3. The van der Waals surface area contributed by atoms with Gasteiger partial charge in [0.05, 0.1) is 31.7 Å². The van der Waals surface area contributed by atoms with Crippen molar-refractivity contribution in [2.45, 2.75) is 28.5 Å². The number of halogens is 8. The highest BCUT2D eigenvalue weighted by molar-refractivity contribution is 6.58. The summed E-state index contributed by atoms with van der Waals surface area (Å²) in [5.41, 5.74) is -0.0628. The molecule has 0 radical (unpaired) electrons. The number of allylic oxidation sites excluding steroid dienone is 2. The summed E-state index contributed by atoms with van der Waals surface area (Å²) in [7, 11) is 3.07. The number of phenols is 1. The zero-order chi connectivity index (χ0) is 42.5. The lowest BCUT2D eigenvalue weighted by atomic mass is 9.56. The first-order chi connectivity index (χ1) is 28.0. The Hall–Kier alpha value is -5.44. The molecule has 4 amide bonds. The van der Waals surface area contributed by atoms with Gasteiger partial charge in [-0.2, -0.15) is 0 Å². The van der Waals surface area contributed by atoms with E-state index in [2.05, 4.69) is 0 Å². The Balaban J connectivity index is 1.19. The molecule has 4 aromatic carbocycles. The SMILES string of the molecule is COc1ccc(OC)c(C=Cc2ccc(N3C(=O)C4CC=C5C(CC6(Cl)C(=O)N(c7c(F)c(F)c(F)c(F)c7F)C(=O)C6(Cl)C5c5ccc(O)cc5Cl)C4C3=O)cc2)c1. The molecule has 4 aromatic rings. The maximum Gasteiger partial charge on any atom is 0.258 e. The summed E-state index contributed by atoms with van der Waals surface area (Å²) in [6, 6.07) is 15.3. The van der Waals surface area contributed by atoms with Gasteiger partial charge >= 0.3 is 0 Å². The van der Waals surface area contributed by atoms with Crippen LogP contribution < -0.4 is 19.3 Å². The first-order valence-electron chi connectivity index (χ1n) is 17.8. The Morgan fingerprint density at radius 3 is 2.05 bits per heavy atom. The van der Waals surface area contributed by atoms with Gasteiger partial charge in [-0.3, -0.25) is 24.1 Å². The molecule has 4 aliphatic rings. The molecule has 0 aromatic heterocycles. The molecular formula is C42H28Cl3F5N2O7. The molecule has 1 N–H and O–H groups in total. The zero-order valence-corrected chi connectivity index (χ0v) is 32.8. The summed E-state index contributed by atoms with van der Waals surface area (Å²) < 4.78 is 84.5. The Morgan fingerprint density at radius 2 is 1.42 bits per heavy atom. The second kappa shape index (κ2) is 14.4. The smallest absolute Gasteiger partial charge is 0.258 e. The van der Waals surface area contributed by atoms with Crippen LogP contribution in [-0.4, -0.2) is 52.7 Å². The van der Waals surface area contributed by atoms with E-state index in [0.29, 0.717) is 17.1 Å². The number of methoxy groups -OCH3 is 2. The molecule has 59 heavy (non-hydrogen) atoms. The van der Waals surface area contributed by atoms with Crippen molar-refractivity contribution in [3.05, 3.63) is 123 Å². The molecule has 2 aliphatic carbocycles. The fourth-order valence-corrected chi connectivity index (χ4v) is 10.0. The van der Waals surface area contributed by atoms with Crippen molar-refractivity contribution in [2.24, 2.45) is 17.8 Å². The molecule has 17 heteroatoms. The van der Waals surface area contributed by atoms with Crippen LogP contribution in [0, 0.1) is 46.8 Å². The number of carbonyl (C=O) groups is 4. The van der Waals surface area contributed by atoms with Crippen LogP contribution in [-0.2, 0) is 19.2 Å². The van der Waals surface area contributed by atoms with Crippen molar-refractivity contribution in [1.82, 2.24) is 0 Å². The molecule has 3 fully saturated rings. The van der Waals surface area contributed by atoms with Gasteiger partial charge in [-0.25, -0.2) is 26.9 Å². The van der Waals surface area contributed by atoms with E-state index in [-0.39, 0.29) is 38.9 Å². The molecule has 304 valence electrons. The number of anilines is 2. The Kier molecular flexibility index (Phi) is 9.84. The van der Waals surface area contributed by atoms with E-state index in [1.54, 1.807) is 60.7 Å². The first kappa shape index (κ1) is 40.3. The van der Waals surface area contributed by atoms with Gasteiger partial charge in [0.25, 0.3) is 11.8 Å². The summed E-state index contributed by atoms with van der Waals surface area (Å²) in [6.45, 7) is 0. The van der Waals surface area contributed by atoms with Gasteiger partial charge in [0, 0.05) is 16.5 Å². The second-order valence-corrected chi connectivity index (χ2v) is 16.1. The molecule has 2 aliphatic heterocycles. The van der Waals surface area contributed by atoms with Gasteiger partial charge in [-0.15, -0.1) is 23.2 Å². The van der Waals surface area contributed by atoms with Gasteiger partial charge in [-0.05, 0) is 72.4 Å². The number of imide groups is 2. The van der Waals surface area contributed by atoms with Crippen LogP contribution in [0.1, 0.15) is 35.4 Å². The minimum atomic E-state index is -2.76. The van der Waals surface area contributed by atoms with Crippen LogP contribution >= 0.6 is 34.8 Å². The lowest BCUT2D eigenvalue weighted by Crippen LogP contribution is -2.60. The van der Waals surface area contributed by atoms with E-state index < -0.39 is 98.2 Å². The van der Waals surface area contributed by atoms with Crippen molar-refractivity contribution < 1.29 is 55.7 Å². The summed E-state index contributed by atoms with van der Waals surface area (Å²) in [4.78, 5) is 52.7. The number of benzene rings is 4. The van der Waals surface area contributed by atoms with Crippen molar-refractivity contribution in [2.75, 3.05) is 24.0 Å². The van der Waals surface area contributed by atoms with Gasteiger partial charge in [0.2, 0.25) is 17.6 Å². The molecule has 0 bridgehead atoms. The van der Waals surface area contributed by atoms with Crippen LogP contribution in [0.4, 0.5) is 33.3 Å². The number of amides is 4. The van der Waals surface area contributed by atoms with Crippen LogP contribution in [0.15, 0.2) is 72.3 Å². The summed E-state index contributed by atoms with van der Waals surface area (Å²) in [5, 5.41) is 9.98. The molecule has 9 nitrogen and oxygen atoms in total. The number of alkyl halides is 2. The number of ether oxygens (including phenoxy) is 2. The van der Waals surface area contributed by atoms with Gasteiger partial charge in [-0.1, -0.05) is 53.6 Å². The average molecular weight is 874 g/mol. The monoisotopic (exact) mass is 872 g/mol.